The molecular weight excluding hydrogens is 260 g/mol. The normalized spacial score (nSPS) is 58.6. The molecule has 0 saturated heterocycles. The van der Waals surface area contributed by atoms with Crippen molar-refractivity contribution in [2.24, 2.45) is 34.5 Å². The van der Waals surface area contributed by atoms with Crippen LogP contribution >= 0.6 is 12.6 Å². The SMILES string of the molecule is C[C@@]12CCC[C@H]1[C@@H]1CCC3C(S)CCC[C@]3(C)[C@@H]1CC2. The summed E-state index contributed by atoms with van der Waals surface area (Å²) in [5.74, 6) is 4.09. The van der Waals surface area contributed by atoms with Gasteiger partial charge in [0.15, 0.2) is 0 Å². The Kier molecular flexibility index (Phi) is 3.26. The van der Waals surface area contributed by atoms with E-state index in [1.807, 2.05) is 0 Å². The Hall–Kier alpha value is 0.350. The van der Waals surface area contributed by atoms with Crippen LogP contribution in [-0.4, -0.2) is 5.25 Å². The Balaban J connectivity index is 1.65. The van der Waals surface area contributed by atoms with Crippen molar-refractivity contribution in [3.05, 3.63) is 0 Å². The minimum absolute atomic E-state index is 0.636. The molecule has 4 aliphatic rings. The minimum Gasteiger partial charge on any atom is -0.176 e. The van der Waals surface area contributed by atoms with E-state index in [0.717, 1.165) is 29.1 Å². The summed E-state index contributed by atoms with van der Waals surface area (Å²) in [4.78, 5) is 0. The van der Waals surface area contributed by atoms with Gasteiger partial charge in [-0.3, -0.25) is 0 Å². The molecule has 0 N–H and O–H groups in total. The third-order valence-electron chi connectivity index (χ3n) is 8.40. The van der Waals surface area contributed by atoms with Gasteiger partial charge in [-0.1, -0.05) is 26.7 Å². The average Bonchev–Trinajstić information content (AvgIpc) is 2.80. The third kappa shape index (κ3) is 1.80. The molecule has 4 rings (SSSR count). The van der Waals surface area contributed by atoms with E-state index in [1.165, 1.54) is 57.8 Å². The van der Waals surface area contributed by atoms with Crippen molar-refractivity contribution in [3.8, 4) is 0 Å². The Morgan fingerprint density at radius 2 is 1.55 bits per heavy atom. The van der Waals surface area contributed by atoms with Crippen molar-refractivity contribution in [1.82, 2.24) is 0 Å². The molecule has 0 aromatic carbocycles. The second-order valence-electron chi connectivity index (χ2n) is 9.11. The summed E-state index contributed by atoms with van der Waals surface area (Å²) in [6.45, 7) is 5.28. The van der Waals surface area contributed by atoms with Crippen molar-refractivity contribution in [2.75, 3.05) is 0 Å². The van der Waals surface area contributed by atoms with Gasteiger partial charge in [0.2, 0.25) is 0 Å². The fourth-order valence-corrected chi connectivity index (χ4v) is 8.05. The number of fused-ring (bicyclic) bond motifs is 5. The van der Waals surface area contributed by atoms with Gasteiger partial charge in [0, 0.05) is 5.25 Å². The molecule has 0 amide bonds. The van der Waals surface area contributed by atoms with Crippen LogP contribution in [0.1, 0.15) is 78.1 Å². The molecule has 0 bridgehead atoms. The summed E-state index contributed by atoms with van der Waals surface area (Å²) in [5.41, 5.74) is 1.36. The minimum atomic E-state index is 0.636. The molecule has 0 spiro atoms. The van der Waals surface area contributed by atoms with E-state index in [9.17, 15) is 0 Å². The Morgan fingerprint density at radius 3 is 2.40 bits per heavy atom. The fourth-order valence-electron chi connectivity index (χ4n) is 7.37. The lowest BCUT2D eigenvalue weighted by Gasteiger charge is -2.61. The van der Waals surface area contributed by atoms with Crippen LogP contribution in [0.4, 0.5) is 0 Å². The predicted octanol–water partition coefficient (Wildman–Crippen LogP) is 5.72. The molecule has 4 aliphatic carbocycles. The molecule has 114 valence electrons. The molecule has 4 fully saturated rings. The van der Waals surface area contributed by atoms with Gasteiger partial charge in [0.25, 0.3) is 0 Å². The fraction of sp³-hybridized carbons (Fsp3) is 1.00. The van der Waals surface area contributed by atoms with E-state index >= 15 is 0 Å². The van der Waals surface area contributed by atoms with Crippen LogP contribution in [0, 0.1) is 34.5 Å². The second-order valence-corrected chi connectivity index (χ2v) is 9.77. The Bertz CT molecular complexity index is 391. The van der Waals surface area contributed by atoms with Gasteiger partial charge < -0.3 is 0 Å². The van der Waals surface area contributed by atoms with E-state index in [4.69, 9.17) is 12.6 Å². The van der Waals surface area contributed by atoms with E-state index in [1.54, 1.807) is 6.42 Å². The highest BCUT2D eigenvalue weighted by atomic mass is 32.1. The first kappa shape index (κ1) is 14.0. The van der Waals surface area contributed by atoms with E-state index in [0.29, 0.717) is 10.7 Å². The van der Waals surface area contributed by atoms with Crippen LogP contribution in [0.5, 0.6) is 0 Å². The zero-order valence-electron chi connectivity index (χ0n) is 13.4. The monoisotopic (exact) mass is 292 g/mol. The van der Waals surface area contributed by atoms with Crippen molar-refractivity contribution in [2.45, 2.75) is 83.3 Å². The van der Waals surface area contributed by atoms with Gasteiger partial charge in [-0.05, 0) is 85.9 Å². The molecule has 0 nitrogen and oxygen atoms in total. The molecular formula is C19H32S. The smallest absolute Gasteiger partial charge is 0.00503 e. The maximum atomic E-state index is 4.99. The average molecular weight is 293 g/mol. The molecule has 4 saturated carbocycles. The molecule has 20 heavy (non-hydrogen) atoms. The predicted molar refractivity (Wildman–Crippen MR) is 89.1 cm³/mol. The maximum absolute atomic E-state index is 4.99. The second kappa shape index (κ2) is 4.67. The molecule has 0 aromatic rings. The standard InChI is InChI=1S/C19H32S/c1-18-10-3-5-14(18)13-7-8-16-17(20)6-4-11-19(16,2)15(13)9-12-18/h13-17,20H,3-12H2,1-2H3/t13-,14-,15+,16?,17?,18-,19+/m0/s1. The van der Waals surface area contributed by atoms with Crippen molar-refractivity contribution >= 4 is 12.6 Å². The van der Waals surface area contributed by atoms with Crippen LogP contribution in [0.2, 0.25) is 0 Å². The zero-order valence-corrected chi connectivity index (χ0v) is 14.3. The van der Waals surface area contributed by atoms with Crippen LogP contribution < -0.4 is 0 Å². The summed E-state index contributed by atoms with van der Waals surface area (Å²) in [6, 6.07) is 0. The van der Waals surface area contributed by atoms with Crippen molar-refractivity contribution in [1.29, 1.82) is 0 Å². The van der Waals surface area contributed by atoms with Crippen LogP contribution in [0.25, 0.3) is 0 Å². The zero-order chi connectivity index (χ0) is 14.0. The topological polar surface area (TPSA) is 0 Å². The van der Waals surface area contributed by atoms with Crippen molar-refractivity contribution in [3.63, 3.8) is 0 Å². The summed E-state index contributed by atoms with van der Waals surface area (Å²) in [6.07, 6.45) is 15.0. The third-order valence-corrected chi connectivity index (χ3v) is 9.02. The first-order valence-corrected chi connectivity index (χ1v) is 9.74. The summed E-state index contributed by atoms with van der Waals surface area (Å²) in [5, 5.41) is 0.701. The van der Waals surface area contributed by atoms with E-state index < -0.39 is 0 Å². The molecule has 0 radical (unpaired) electrons. The van der Waals surface area contributed by atoms with Crippen LogP contribution in [0.3, 0.4) is 0 Å². The molecule has 2 unspecified atom stereocenters. The first-order chi connectivity index (χ1) is 9.55. The van der Waals surface area contributed by atoms with E-state index in [-0.39, 0.29) is 0 Å². The van der Waals surface area contributed by atoms with Gasteiger partial charge in [0.05, 0.1) is 0 Å². The lowest BCUT2D eigenvalue weighted by atomic mass is 9.45. The lowest BCUT2D eigenvalue weighted by molar-refractivity contribution is -0.100. The molecule has 0 heterocycles. The van der Waals surface area contributed by atoms with Crippen LogP contribution in [-0.2, 0) is 0 Å². The van der Waals surface area contributed by atoms with Crippen molar-refractivity contribution < 1.29 is 0 Å². The molecule has 7 atom stereocenters. The maximum Gasteiger partial charge on any atom is 0.00503 e. The number of thiol groups is 1. The number of rotatable bonds is 0. The van der Waals surface area contributed by atoms with Gasteiger partial charge in [-0.15, -0.1) is 0 Å². The van der Waals surface area contributed by atoms with Gasteiger partial charge in [-0.25, -0.2) is 0 Å². The lowest BCUT2D eigenvalue weighted by Crippen LogP contribution is -2.54. The summed E-state index contributed by atoms with van der Waals surface area (Å²) in [7, 11) is 0. The highest BCUT2D eigenvalue weighted by Gasteiger charge is 2.58. The summed E-state index contributed by atoms with van der Waals surface area (Å²) >= 11 is 4.99. The quantitative estimate of drug-likeness (QED) is 0.543. The van der Waals surface area contributed by atoms with E-state index in [2.05, 4.69) is 13.8 Å². The Morgan fingerprint density at radius 1 is 0.750 bits per heavy atom. The molecule has 0 aromatic heterocycles. The first-order valence-electron chi connectivity index (χ1n) is 9.23. The van der Waals surface area contributed by atoms with Gasteiger partial charge in [0.1, 0.15) is 0 Å². The molecule has 1 heteroatoms. The van der Waals surface area contributed by atoms with Gasteiger partial charge in [-0.2, -0.15) is 12.6 Å². The highest BCUT2D eigenvalue weighted by molar-refractivity contribution is 7.81. The summed E-state index contributed by atoms with van der Waals surface area (Å²) < 4.78 is 0. The van der Waals surface area contributed by atoms with Crippen LogP contribution in [0.15, 0.2) is 0 Å². The molecule has 0 aliphatic heterocycles. The Labute approximate surface area is 130 Å². The largest absolute Gasteiger partial charge is 0.176 e. The highest BCUT2D eigenvalue weighted by Crippen LogP contribution is 2.66. The number of hydrogen-bond donors (Lipinski definition) is 1. The van der Waals surface area contributed by atoms with Gasteiger partial charge >= 0.3 is 0 Å². The number of hydrogen-bond acceptors (Lipinski definition) is 1.